The molecule has 1 atom stereocenters. The highest BCUT2D eigenvalue weighted by Crippen LogP contribution is 2.17. The van der Waals surface area contributed by atoms with Gasteiger partial charge in [-0.25, -0.2) is 0 Å². The van der Waals surface area contributed by atoms with Crippen LogP contribution in [0.4, 0.5) is 0 Å². The largest absolute Gasteiger partial charge is 0.457 e. The molecule has 5 nitrogen and oxygen atoms in total. The van der Waals surface area contributed by atoms with E-state index >= 15 is 0 Å². The minimum Gasteiger partial charge on any atom is -0.457 e. The molecule has 16 heavy (non-hydrogen) atoms. The Kier molecular flexibility index (Phi) is 4.98. The third-order valence-corrected chi connectivity index (χ3v) is 2.71. The average molecular weight is 292 g/mol. The fraction of sp³-hybridized carbons (Fsp3) is 0.500. The Morgan fingerprint density at radius 3 is 2.56 bits per heavy atom. The van der Waals surface area contributed by atoms with Gasteiger partial charge in [0.2, 0.25) is 0 Å². The van der Waals surface area contributed by atoms with Crippen molar-refractivity contribution >= 4 is 21.8 Å². The zero-order valence-corrected chi connectivity index (χ0v) is 10.9. The molecule has 0 aliphatic heterocycles. The molecule has 1 heterocycles. The third kappa shape index (κ3) is 3.07. The summed E-state index contributed by atoms with van der Waals surface area (Å²) in [4.78, 5) is 11.8. The number of carbonyl (C=O) groups is 1. The second kappa shape index (κ2) is 6.03. The lowest BCUT2D eigenvalue weighted by Gasteiger charge is -2.21. The molecule has 1 N–H and O–H groups in total. The molecule has 0 radical (unpaired) electrons. The Morgan fingerprint density at radius 2 is 2.12 bits per heavy atom. The third-order valence-electron chi connectivity index (χ3n) is 2.09. The van der Waals surface area contributed by atoms with Gasteiger partial charge in [0.15, 0.2) is 11.0 Å². The van der Waals surface area contributed by atoms with Gasteiger partial charge < -0.3 is 19.2 Å². The lowest BCUT2D eigenvalue weighted by atomic mass is 10.2. The average Bonchev–Trinajstić information content (AvgIpc) is 2.66. The molecule has 0 fully saturated rings. The molecule has 90 valence electrons. The van der Waals surface area contributed by atoms with Crippen LogP contribution in [0.25, 0.3) is 0 Å². The summed E-state index contributed by atoms with van der Waals surface area (Å²) in [5, 5.41) is 2.75. The van der Waals surface area contributed by atoms with Gasteiger partial charge in [0, 0.05) is 14.2 Å². The smallest absolute Gasteiger partial charge is 0.256 e. The first-order valence-electron chi connectivity index (χ1n) is 4.69. The van der Waals surface area contributed by atoms with Crippen LogP contribution in [0.1, 0.15) is 17.3 Å². The van der Waals surface area contributed by atoms with Crippen molar-refractivity contribution < 1.29 is 18.7 Å². The van der Waals surface area contributed by atoms with Crippen LogP contribution in [-0.2, 0) is 9.47 Å². The molecule has 0 bridgehead atoms. The van der Waals surface area contributed by atoms with E-state index in [1.165, 1.54) is 20.5 Å². The standard InChI is InChI=1S/C10H14BrNO4/c1-6(10(14-2)15-3)12-9(13)7-4-5-16-8(7)11/h4-6,10H,1-3H3,(H,12,13). The number of halogens is 1. The molecule has 6 heteroatoms. The van der Waals surface area contributed by atoms with E-state index < -0.39 is 6.29 Å². The minimum atomic E-state index is -0.477. The number of carbonyl (C=O) groups excluding carboxylic acids is 1. The molecule has 1 aromatic rings. The molecule has 0 aromatic carbocycles. The number of methoxy groups -OCH3 is 2. The summed E-state index contributed by atoms with van der Waals surface area (Å²) >= 11 is 3.14. The first-order chi connectivity index (χ1) is 7.60. The highest BCUT2D eigenvalue weighted by Gasteiger charge is 2.20. The molecule has 1 rings (SSSR count). The fourth-order valence-electron chi connectivity index (χ4n) is 1.31. The summed E-state index contributed by atoms with van der Waals surface area (Å²) in [6.45, 7) is 1.80. The maximum absolute atomic E-state index is 11.8. The highest BCUT2D eigenvalue weighted by molar-refractivity contribution is 9.10. The Morgan fingerprint density at radius 1 is 1.50 bits per heavy atom. The summed E-state index contributed by atoms with van der Waals surface area (Å²) in [5.41, 5.74) is 0.442. The van der Waals surface area contributed by atoms with E-state index in [0.717, 1.165) is 0 Å². The first-order valence-corrected chi connectivity index (χ1v) is 5.49. The molecular weight excluding hydrogens is 278 g/mol. The normalized spacial score (nSPS) is 12.8. The molecule has 0 saturated carbocycles. The quantitative estimate of drug-likeness (QED) is 0.840. The van der Waals surface area contributed by atoms with E-state index in [9.17, 15) is 4.79 Å². The minimum absolute atomic E-state index is 0.243. The first kappa shape index (κ1) is 13.2. The topological polar surface area (TPSA) is 60.7 Å². The molecule has 0 spiro atoms. The zero-order chi connectivity index (χ0) is 12.1. The molecular formula is C10H14BrNO4. The molecule has 0 aliphatic rings. The summed E-state index contributed by atoms with van der Waals surface area (Å²) < 4.78 is 15.5. The molecule has 0 aliphatic carbocycles. The SMILES string of the molecule is COC(OC)C(C)NC(=O)c1ccoc1Br. The van der Waals surface area contributed by atoms with E-state index in [4.69, 9.17) is 13.9 Å². The predicted octanol–water partition coefficient (Wildman–Crippen LogP) is 1.78. The number of amides is 1. The van der Waals surface area contributed by atoms with Gasteiger partial charge in [-0.15, -0.1) is 0 Å². The maximum Gasteiger partial charge on any atom is 0.256 e. The number of furan rings is 1. The van der Waals surface area contributed by atoms with Crippen molar-refractivity contribution in [3.8, 4) is 0 Å². The zero-order valence-electron chi connectivity index (χ0n) is 9.32. The number of rotatable bonds is 5. The summed E-state index contributed by atoms with van der Waals surface area (Å²) in [6.07, 6.45) is 0.961. The Balaban J connectivity index is 2.61. The van der Waals surface area contributed by atoms with Crippen LogP contribution in [0.15, 0.2) is 21.4 Å². The van der Waals surface area contributed by atoms with Crippen molar-refractivity contribution in [3.63, 3.8) is 0 Å². The van der Waals surface area contributed by atoms with Crippen LogP contribution in [0.2, 0.25) is 0 Å². The van der Waals surface area contributed by atoms with Gasteiger partial charge in [-0.2, -0.15) is 0 Å². The number of hydrogen-bond donors (Lipinski definition) is 1. The van der Waals surface area contributed by atoms with Crippen LogP contribution < -0.4 is 5.32 Å². The van der Waals surface area contributed by atoms with Gasteiger partial charge in [0.1, 0.15) is 0 Å². The number of nitrogens with one attached hydrogen (secondary N) is 1. The van der Waals surface area contributed by atoms with E-state index in [1.807, 2.05) is 0 Å². The lowest BCUT2D eigenvalue weighted by Crippen LogP contribution is -2.42. The Bertz CT molecular complexity index is 348. The maximum atomic E-state index is 11.8. The van der Waals surface area contributed by atoms with Crippen LogP contribution in [0.3, 0.4) is 0 Å². The van der Waals surface area contributed by atoms with Gasteiger partial charge in [-0.3, -0.25) is 4.79 Å². The van der Waals surface area contributed by atoms with Crippen molar-refractivity contribution in [1.82, 2.24) is 5.32 Å². The van der Waals surface area contributed by atoms with Gasteiger partial charge in [-0.1, -0.05) is 0 Å². The van der Waals surface area contributed by atoms with Crippen LogP contribution >= 0.6 is 15.9 Å². The summed E-state index contributed by atoms with van der Waals surface area (Å²) in [7, 11) is 3.04. The lowest BCUT2D eigenvalue weighted by molar-refractivity contribution is -0.117. The summed E-state index contributed by atoms with van der Waals surface area (Å²) in [5.74, 6) is -0.243. The van der Waals surface area contributed by atoms with E-state index in [2.05, 4.69) is 21.2 Å². The van der Waals surface area contributed by atoms with Gasteiger partial charge >= 0.3 is 0 Å². The van der Waals surface area contributed by atoms with Crippen molar-refractivity contribution in [3.05, 3.63) is 22.6 Å². The van der Waals surface area contributed by atoms with Crippen LogP contribution in [0.5, 0.6) is 0 Å². The second-order valence-electron chi connectivity index (χ2n) is 3.21. The monoisotopic (exact) mass is 291 g/mol. The van der Waals surface area contributed by atoms with E-state index in [0.29, 0.717) is 10.2 Å². The molecule has 1 amide bonds. The Labute approximate surface area is 102 Å². The van der Waals surface area contributed by atoms with Gasteiger partial charge in [0.25, 0.3) is 5.91 Å². The van der Waals surface area contributed by atoms with Crippen molar-refractivity contribution in [2.24, 2.45) is 0 Å². The van der Waals surface area contributed by atoms with Gasteiger partial charge in [-0.05, 0) is 28.9 Å². The van der Waals surface area contributed by atoms with E-state index in [-0.39, 0.29) is 11.9 Å². The van der Waals surface area contributed by atoms with Crippen LogP contribution in [-0.4, -0.2) is 32.5 Å². The van der Waals surface area contributed by atoms with Gasteiger partial charge in [0.05, 0.1) is 17.9 Å². The fourth-order valence-corrected chi connectivity index (χ4v) is 1.73. The second-order valence-corrected chi connectivity index (χ2v) is 3.93. The summed E-state index contributed by atoms with van der Waals surface area (Å²) in [6, 6.07) is 1.32. The predicted molar refractivity (Wildman–Crippen MR) is 61.1 cm³/mol. The van der Waals surface area contributed by atoms with Crippen molar-refractivity contribution in [1.29, 1.82) is 0 Å². The highest BCUT2D eigenvalue weighted by atomic mass is 79.9. The molecule has 0 saturated heterocycles. The van der Waals surface area contributed by atoms with Crippen molar-refractivity contribution in [2.75, 3.05) is 14.2 Å². The van der Waals surface area contributed by atoms with Crippen LogP contribution in [0, 0.1) is 0 Å². The number of ether oxygens (including phenoxy) is 2. The number of hydrogen-bond acceptors (Lipinski definition) is 4. The molecule has 1 aromatic heterocycles. The molecule has 1 unspecified atom stereocenters. The van der Waals surface area contributed by atoms with E-state index in [1.54, 1.807) is 13.0 Å². The Hall–Kier alpha value is -0.850. The van der Waals surface area contributed by atoms with Crippen molar-refractivity contribution in [2.45, 2.75) is 19.3 Å².